The van der Waals surface area contributed by atoms with Crippen LogP contribution in [0, 0.1) is 0 Å². The Balaban J connectivity index is 1.60. The maximum atomic E-state index is 12.0. The second-order valence-corrected chi connectivity index (χ2v) is 8.35. The molecule has 1 unspecified atom stereocenters. The number of methoxy groups -OCH3 is 1. The van der Waals surface area contributed by atoms with Gasteiger partial charge in [0.05, 0.1) is 13.5 Å². The summed E-state index contributed by atoms with van der Waals surface area (Å²) in [5.41, 5.74) is 4.28. The van der Waals surface area contributed by atoms with E-state index in [9.17, 15) is 4.79 Å². The lowest BCUT2D eigenvalue weighted by molar-refractivity contribution is -0.127. The van der Waals surface area contributed by atoms with E-state index in [1.807, 2.05) is 25.4 Å². The number of amides is 1. The normalized spacial score (nSPS) is 18.9. The van der Waals surface area contributed by atoms with Crippen LogP contribution in [0.2, 0.25) is 0 Å². The van der Waals surface area contributed by atoms with Crippen molar-refractivity contribution in [1.29, 1.82) is 0 Å². The number of hydrogen-bond donors (Lipinski definition) is 0. The van der Waals surface area contributed by atoms with Crippen molar-refractivity contribution < 1.29 is 9.53 Å². The number of ether oxygens (including phenoxy) is 1. The van der Waals surface area contributed by atoms with Gasteiger partial charge in [0.25, 0.3) is 0 Å². The molecule has 0 radical (unpaired) electrons. The third-order valence-corrected chi connectivity index (χ3v) is 6.54. The molecule has 4 nitrogen and oxygen atoms in total. The van der Waals surface area contributed by atoms with Gasteiger partial charge in [0.15, 0.2) is 0 Å². The fourth-order valence-corrected chi connectivity index (χ4v) is 5.13. The summed E-state index contributed by atoms with van der Waals surface area (Å²) < 4.78 is 5.38. The van der Waals surface area contributed by atoms with Gasteiger partial charge >= 0.3 is 0 Å². The van der Waals surface area contributed by atoms with Crippen LogP contribution < -0.4 is 4.74 Å². The molecule has 1 aromatic heterocycles. The van der Waals surface area contributed by atoms with E-state index in [2.05, 4.69) is 29.2 Å². The van der Waals surface area contributed by atoms with Crippen molar-refractivity contribution in [3.63, 3.8) is 0 Å². The van der Waals surface area contributed by atoms with Gasteiger partial charge in [-0.05, 0) is 41.3 Å². The van der Waals surface area contributed by atoms with Gasteiger partial charge in [-0.15, -0.1) is 11.3 Å². The summed E-state index contributed by atoms with van der Waals surface area (Å²) in [6.07, 6.45) is 2.65. The SMILES string of the molecule is COc1ccc2c(c1)CCN1Cc3cc(CC(=O)N(C)C)sc3CC21. The highest BCUT2D eigenvalue weighted by molar-refractivity contribution is 7.12. The molecule has 25 heavy (non-hydrogen) atoms. The predicted molar refractivity (Wildman–Crippen MR) is 100 cm³/mol. The minimum absolute atomic E-state index is 0.175. The van der Waals surface area contributed by atoms with Crippen LogP contribution in [-0.4, -0.2) is 43.5 Å². The molecule has 0 fully saturated rings. The molecule has 0 aliphatic carbocycles. The maximum Gasteiger partial charge on any atom is 0.227 e. The first-order chi connectivity index (χ1) is 12.0. The summed E-state index contributed by atoms with van der Waals surface area (Å²) in [6.45, 7) is 2.09. The van der Waals surface area contributed by atoms with Gasteiger partial charge in [0.2, 0.25) is 5.91 Å². The van der Waals surface area contributed by atoms with Gasteiger partial charge in [-0.3, -0.25) is 9.69 Å². The average Bonchev–Trinajstić information content (AvgIpc) is 3.00. The van der Waals surface area contributed by atoms with Gasteiger partial charge in [-0.1, -0.05) is 6.07 Å². The number of hydrogen-bond acceptors (Lipinski definition) is 4. The largest absolute Gasteiger partial charge is 0.497 e. The van der Waals surface area contributed by atoms with Gasteiger partial charge in [0, 0.05) is 49.4 Å². The summed E-state index contributed by atoms with van der Waals surface area (Å²) in [5.74, 6) is 1.12. The number of carbonyl (C=O) groups is 1. The minimum Gasteiger partial charge on any atom is -0.497 e. The first-order valence-electron chi connectivity index (χ1n) is 8.76. The smallest absolute Gasteiger partial charge is 0.227 e. The zero-order chi connectivity index (χ0) is 17.6. The van der Waals surface area contributed by atoms with Crippen molar-refractivity contribution in [3.8, 4) is 5.75 Å². The summed E-state index contributed by atoms with van der Waals surface area (Å²) >= 11 is 1.82. The summed E-state index contributed by atoms with van der Waals surface area (Å²) in [4.78, 5) is 18.9. The predicted octanol–water partition coefficient (Wildman–Crippen LogP) is 3.04. The highest BCUT2D eigenvalue weighted by Crippen LogP contribution is 2.41. The summed E-state index contributed by atoms with van der Waals surface area (Å²) in [6, 6.07) is 9.21. The lowest BCUT2D eigenvalue weighted by atomic mass is 9.87. The van der Waals surface area contributed by atoms with Crippen molar-refractivity contribution in [2.24, 2.45) is 0 Å². The molecular formula is C20H24N2O2S. The summed E-state index contributed by atoms with van der Waals surface area (Å²) in [7, 11) is 5.37. The monoisotopic (exact) mass is 356 g/mol. The zero-order valence-corrected chi connectivity index (χ0v) is 15.9. The van der Waals surface area contributed by atoms with Crippen LogP contribution >= 0.6 is 11.3 Å². The van der Waals surface area contributed by atoms with Crippen LogP contribution in [0.3, 0.4) is 0 Å². The third kappa shape index (κ3) is 3.07. The molecule has 0 saturated carbocycles. The van der Waals surface area contributed by atoms with Crippen LogP contribution in [0.1, 0.15) is 32.5 Å². The Hall–Kier alpha value is -1.85. The van der Waals surface area contributed by atoms with Crippen molar-refractivity contribution in [1.82, 2.24) is 9.80 Å². The molecule has 3 heterocycles. The first-order valence-corrected chi connectivity index (χ1v) is 9.58. The van der Waals surface area contributed by atoms with Crippen LogP contribution in [0.25, 0.3) is 0 Å². The molecule has 1 amide bonds. The zero-order valence-electron chi connectivity index (χ0n) is 15.0. The van der Waals surface area contributed by atoms with E-state index in [0.29, 0.717) is 12.5 Å². The topological polar surface area (TPSA) is 32.8 Å². The lowest BCUT2D eigenvalue weighted by Crippen LogP contribution is -2.38. The van der Waals surface area contributed by atoms with Crippen molar-refractivity contribution in [2.45, 2.75) is 31.8 Å². The Labute approximate surface area is 153 Å². The van der Waals surface area contributed by atoms with E-state index in [-0.39, 0.29) is 5.91 Å². The second kappa shape index (κ2) is 6.46. The molecule has 2 aromatic rings. The van der Waals surface area contributed by atoms with Gasteiger partial charge in [-0.25, -0.2) is 0 Å². The van der Waals surface area contributed by atoms with Gasteiger partial charge in [0.1, 0.15) is 5.75 Å². The Morgan fingerprint density at radius 3 is 2.92 bits per heavy atom. The molecule has 1 aromatic carbocycles. The Morgan fingerprint density at radius 2 is 2.16 bits per heavy atom. The van der Waals surface area contributed by atoms with Crippen LogP contribution in [0.15, 0.2) is 24.3 Å². The molecule has 0 saturated heterocycles. The van der Waals surface area contributed by atoms with Crippen LogP contribution in [0.4, 0.5) is 0 Å². The molecule has 2 aliphatic rings. The van der Waals surface area contributed by atoms with E-state index < -0.39 is 0 Å². The minimum atomic E-state index is 0.175. The first kappa shape index (κ1) is 16.6. The lowest BCUT2D eigenvalue weighted by Gasteiger charge is -2.40. The van der Waals surface area contributed by atoms with E-state index in [4.69, 9.17) is 4.74 Å². The highest BCUT2D eigenvalue weighted by Gasteiger charge is 2.33. The number of likely N-dealkylation sites (N-methyl/N-ethyl adjacent to an activating group) is 1. The van der Waals surface area contributed by atoms with E-state index in [1.165, 1.54) is 26.4 Å². The molecule has 0 spiro atoms. The Kier molecular flexibility index (Phi) is 4.29. The molecule has 0 bridgehead atoms. The molecule has 0 N–H and O–H groups in total. The quantitative estimate of drug-likeness (QED) is 0.847. The number of carbonyl (C=O) groups excluding carboxylic acids is 1. The van der Waals surface area contributed by atoms with Gasteiger partial charge < -0.3 is 9.64 Å². The van der Waals surface area contributed by atoms with Gasteiger partial charge in [-0.2, -0.15) is 0 Å². The van der Waals surface area contributed by atoms with E-state index in [1.54, 1.807) is 12.0 Å². The number of benzene rings is 1. The molecule has 1 atom stereocenters. The number of thiophene rings is 1. The highest BCUT2D eigenvalue weighted by atomic mass is 32.1. The molecule has 132 valence electrons. The fraction of sp³-hybridized carbons (Fsp3) is 0.450. The van der Waals surface area contributed by atoms with Crippen molar-refractivity contribution in [2.75, 3.05) is 27.7 Å². The molecule has 5 heteroatoms. The van der Waals surface area contributed by atoms with Crippen LogP contribution in [-0.2, 0) is 30.6 Å². The Bertz CT molecular complexity index is 812. The van der Waals surface area contributed by atoms with E-state index in [0.717, 1.165) is 31.7 Å². The number of fused-ring (bicyclic) bond motifs is 4. The fourth-order valence-electron chi connectivity index (χ4n) is 3.92. The van der Waals surface area contributed by atoms with Crippen molar-refractivity contribution >= 4 is 17.2 Å². The Morgan fingerprint density at radius 1 is 1.32 bits per heavy atom. The number of rotatable bonds is 3. The maximum absolute atomic E-state index is 12.0. The molecule has 4 rings (SSSR count). The standard InChI is InChI=1S/C20H24N2O2S/c1-21(2)20(23)10-16-9-14-12-22-7-6-13-8-15(24-3)4-5-17(13)18(22)11-19(14)25-16/h4-5,8-9,18H,6-7,10-12H2,1-3H3. The summed E-state index contributed by atoms with van der Waals surface area (Å²) in [5, 5.41) is 0. The molecular weight excluding hydrogens is 332 g/mol. The third-order valence-electron chi connectivity index (χ3n) is 5.34. The number of nitrogens with zero attached hydrogens (tertiary/aromatic N) is 2. The molecule has 2 aliphatic heterocycles. The van der Waals surface area contributed by atoms with Crippen molar-refractivity contribution in [3.05, 3.63) is 50.7 Å². The van der Waals surface area contributed by atoms with E-state index >= 15 is 0 Å². The average molecular weight is 356 g/mol. The van der Waals surface area contributed by atoms with Crippen LogP contribution in [0.5, 0.6) is 5.75 Å². The second-order valence-electron chi connectivity index (χ2n) is 7.13.